The van der Waals surface area contributed by atoms with Gasteiger partial charge in [0.15, 0.2) is 17.4 Å². The van der Waals surface area contributed by atoms with Gasteiger partial charge in [0.1, 0.15) is 17.4 Å². The van der Waals surface area contributed by atoms with E-state index in [0.717, 1.165) is 69.4 Å². The minimum atomic E-state index is -4.52. The molecule has 2 aliphatic heterocycles. The van der Waals surface area contributed by atoms with Crippen LogP contribution in [0.25, 0.3) is 11.0 Å². The lowest BCUT2D eigenvalue weighted by molar-refractivity contribution is -0.137. The molecule has 4 heterocycles. The molecule has 0 radical (unpaired) electrons. The minimum absolute atomic E-state index is 0.00839. The van der Waals surface area contributed by atoms with E-state index in [1.807, 2.05) is 13.0 Å². The molecule has 0 unspecified atom stereocenters. The molecule has 0 aliphatic carbocycles. The lowest BCUT2D eigenvalue weighted by atomic mass is 9.96. The van der Waals surface area contributed by atoms with Crippen LogP contribution in [0.4, 0.5) is 36.4 Å². The zero-order valence-corrected chi connectivity index (χ0v) is 26.0. The number of nitrogens with two attached hydrogens (primary N) is 1. The van der Waals surface area contributed by atoms with E-state index in [9.17, 15) is 18.0 Å². The first-order valence-corrected chi connectivity index (χ1v) is 15.5. The average Bonchev–Trinajstić information content (AvgIpc) is 3.04. The van der Waals surface area contributed by atoms with Crippen molar-refractivity contribution in [1.82, 2.24) is 29.7 Å². The number of hydrogen-bond acceptors (Lipinski definition) is 10. The second-order valence-corrected chi connectivity index (χ2v) is 12.3. The van der Waals surface area contributed by atoms with Crippen LogP contribution in [-0.4, -0.2) is 88.4 Å². The van der Waals surface area contributed by atoms with Gasteiger partial charge in [-0.15, -0.1) is 0 Å². The molecular weight excluding hydrogens is 595 g/mol. The number of fused-ring (bicyclic) bond motifs is 1. The topological polar surface area (TPSA) is 116 Å². The number of nitrogens with zero attached hydrogens (tertiary/aromatic N) is 7. The van der Waals surface area contributed by atoms with Crippen LogP contribution >= 0.6 is 0 Å². The number of rotatable bonds is 8. The molecule has 3 N–H and O–H groups in total. The van der Waals surface area contributed by atoms with Crippen molar-refractivity contribution in [3.8, 4) is 0 Å². The number of anilines is 4. The minimum Gasteiger partial charge on any atom is -0.382 e. The Labute approximate surface area is 265 Å². The lowest BCUT2D eigenvalue weighted by Gasteiger charge is -2.38. The smallest absolute Gasteiger partial charge is 0.382 e. The van der Waals surface area contributed by atoms with E-state index in [4.69, 9.17) is 10.7 Å². The number of carbonyl (C=O) groups excluding carboxylic acids is 1. The monoisotopic (exact) mass is 633 g/mol. The maximum atomic E-state index is 13.2. The van der Waals surface area contributed by atoms with Crippen molar-refractivity contribution in [2.24, 2.45) is 5.92 Å². The van der Waals surface area contributed by atoms with Gasteiger partial charge in [0.05, 0.1) is 5.56 Å². The van der Waals surface area contributed by atoms with Gasteiger partial charge in [-0.2, -0.15) is 18.2 Å². The molecule has 0 atom stereocenters. The van der Waals surface area contributed by atoms with E-state index >= 15 is 0 Å². The average molecular weight is 634 g/mol. The number of aromatic nitrogens is 4. The highest BCUT2D eigenvalue weighted by molar-refractivity contribution is 5.98. The summed E-state index contributed by atoms with van der Waals surface area (Å²) in [6.45, 7) is 8.77. The molecular formula is C33H38F3N9O. The van der Waals surface area contributed by atoms with Crippen molar-refractivity contribution in [1.29, 1.82) is 0 Å². The van der Waals surface area contributed by atoms with Crippen LogP contribution in [0.1, 0.15) is 39.9 Å². The number of benzene rings is 2. The van der Waals surface area contributed by atoms with E-state index in [-0.39, 0.29) is 17.8 Å². The fourth-order valence-electron chi connectivity index (χ4n) is 6.13. The van der Waals surface area contributed by atoms with E-state index < -0.39 is 17.5 Å². The number of aryl methyl sites for hydroxylation is 1. The van der Waals surface area contributed by atoms with Crippen molar-refractivity contribution in [2.45, 2.75) is 32.4 Å². The number of likely N-dealkylation sites (tertiary alicyclic amines) is 1. The van der Waals surface area contributed by atoms with Crippen LogP contribution in [0.2, 0.25) is 0 Å². The number of halogens is 3. The molecule has 10 nitrogen and oxygen atoms in total. The summed E-state index contributed by atoms with van der Waals surface area (Å²) >= 11 is 0. The Hall–Kier alpha value is -4.36. The summed E-state index contributed by atoms with van der Waals surface area (Å²) in [4.78, 5) is 38.2. The third-order valence-electron chi connectivity index (χ3n) is 8.94. The van der Waals surface area contributed by atoms with E-state index in [1.54, 1.807) is 12.1 Å². The Kier molecular flexibility index (Phi) is 9.05. The predicted octanol–water partition coefficient (Wildman–Crippen LogP) is 4.96. The van der Waals surface area contributed by atoms with Gasteiger partial charge in [0, 0.05) is 50.4 Å². The number of alkyl halides is 3. The third kappa shape index (κ3) is 7.20. The quantitative estimate of drug-likeness (QED) is 0.258. The summed E-state index contributed by atoms with van der Waals surface area (Å²) in [6.07, 6.45) is -0.715. The summed E-state index contributed by atoms with van der Waals surface area (Å²) < 4.78 is 39.5. The van der Waals surface area contributed by atoms with Gasteiger partial charge in [-0.25, -0.2) is 15.0 Å². The van der Waals surface area contributed by atoms with E-state index in [1.165, 1.54) is 31.3 Å². The number of piperazine rings is 1. The second kappa shape index (κ2) is 13.2. The largest absolute Gasteiger partial charge is 0.416 e. The van der Waals surface area contributed by atoms with Gasteiger partial charge in [-0.1, -0.05) is 24.3 Å². The first-order valence-electron chi connectivity index (χ1n) is 15.5. The van der Waals surface area contributed by atoms with Crippen LogP contribution in [-0.2, 0) is 12.6 Å². The molecule has 2 saturated heterocycles. The number of carbonyl (C=O) groups is 1. The molecule has 4 aromatic rings. The summed E-state index contributed by atoms with van der Waals surface area (Å²) in [7, 11) is 2.19. The van der Waals surface area contributed by atoms with Crippen LogP contribution in [0.3, 0.4) is 0 Å². The fraction of sp³-hybridized carbons (Fsp3) is 0.424. The summed E-state index contributed by atoms with van der Waals surface area (Å²) in [6, 6.07) is 9.92. The third-order valence-corrected chi connectivity index (χ3v) is 8.94. The van der Waals surface area contributed by atoms with Crippen LogP contribution in [0, 0.1) is 12.8 Å². The highest BCUT2D eigenvalue weighted by Gasteiger charge is 2.31. The number of nitrogen functional groups attached to an aromatic ring is 1. The first kappa shape index (κ1) is 31.6. The van der Waals surface area contributed by atoms with Gasteiger partial charge < -0.3 is 20.9 Å². The molecule has 2 aromatic carbocycles. The Morgan fingerprint density at radius 3 is 2.48 bits per heavy atom. The van der Waals surface area contributed by atoms with Crippen LogP contribution < -0.4 is 16.0 Å². The normalized spacial score (nSPS) is 17.0. The predicted molar refractivity (Wildman–Crippen MR) is 172 cm³/mol. The van der Waals surface area contributed by atoms with Crippen molar-refractivity contribution < 1.29 is 18.0 Å². The SMILES string of the molecule is Cc1ccc(CC(=O)c2cccc(C(F)(F)F)c2)cc1Nc1ncnc2c(N)nc(N3CCN(CC4CCN(C)CC4)CC3)nc12. The Morgan fingerprint density at radius 1 is 0.978 bits per heavy atom. The molecule has 0 amide bonds. The van der Waals surface area contributed by atoms with Crippen molar-refractivity contribution in [3.05, 3.63) is 71.0 Å². The highest BCUT2D eigenvalue weighted by atomic mass is 19.4. The fourth-order valence-corrected chi connectivity index (χ4v) is 6.13. The zero-order chi connectivity index (χ0) is 32.4. The van der Waals surface area contributed by atoms with Gasteiger partial charge in [-0.3, -0.25) is 9.69 Å². The molecule has 13 heteroatoms. The second-order valence-electron chi connectivity index (χ2n) is 12.3. The number of nitrogens with one attached hydrogen (secondary N) is 1. The first-order chi connectivity index (χ1) is 22.0. The summed E-state index contributed by atoms with van der Waals surface area (Å²) in [5.74, 6) is 1.55. The molecule has 2 aromatic heterocycles. The molecule has 0 spiro atoms. The number of Topliss-reactive ketones (excluding diaryl/α,β-unsaturated/α-hetero) is 1. The van der Waals surface area contributed by atoms with Crippen molar-refractivity contribution >= 4 is 40.1 Å². The summed E-state index contributed by atoms with van der Waals surface area (Å²) in [5, 5.41) is 3.32. The molecule has 0 saturated carbocycles. The molecule has 242 valence electrons. The Bertz CT molecular complexity index is 1710. The lowest BCUT2D eigenvalue weighted by Crippen LogP contribution is -2.49. The zero-order valence-electron chi connectivity index (χ0n) is 26.0. The van der Waals surface area contributed by atoms with Gasteiger partial charge in [-0.05, 0) is 75.1 Å². The molecule has 0 bridgehead atoms. The molecule has 2 fully saturated rings. The highest BCUT2D eigenvalue weighted by Crippen LogP contribution is 2.31. The van der Waals surface area contributed by atoms with E-state index in [0.29, 0.717) is 34.1 Å². The molecule has 6 rings (SSSR count). The van der Waals surface area contributed by atoms with Gasteiger partial charge in [0.25, 0.3) is 0 Å². The number of ketones is 1. The van der Waals surface area contributed by atoms with Crippen LogP contribution in [0.5, 0.6) is 0 Å². The van der Waals surface area contributed by atoms with Crippen molar-refractivity contribution in [2.75, 3.05) is 68.8 Å². The maximum absolute atomic E-state index is 13.2. The standard InChI is InChI=1S/C33H38F3N9O/c1-21-6-7-23(17-27(46)24-4-3-5-25(18-24)33(34,35)36)16-26(21)40-31-29-28(38-20-39-31)30(37)42-32(41-29)45-14-12-44(13-15-45)19-22-8-10-43(2)11-9-22/h3-7,16,18,20,22H,8-15,17,19H2,1-2H3,(H2,37,41,42)(H,38,39,40). The summed E-state index contributed by atoms with van der Waals surface area (Å²) in [5.41, 5.74) is 8.63. The molecule has 46 heavy (non-hydrogen) atoms. The Morgan fingerprint density at radius 2 is 1.74 bits per heavy atom. The Balaban J connectivity index is 1.17. The maximum Gasteiger partial charge on any atom is 0.416 e. The van der Waals surface area contributed by atoms with Crippen molar-refractivity contribution in [3.63, 3.8) is 0 Å². The van der Waals surface area contributed by atoms with E-state index in [2.05, 4.69) is 42.0 Å². The number of piperidine rings is 1. The number of hydrogen-bond donors (Lipinski definition) is 2. The molecule has 2 aliphatic rings. The van der Waals surface area contributed by atoms with Gasteiger partial charge in [0.2, 0.25) is 5.95 Å². The van der Waals surface area contributed by atoms with Gasteiger partial charge >= 0.3 is 6.18 Å². The van der Waals surface area contributed by atoms with Crippen LogP contribution in [0.15, 0.2) is 48.8 Å².